The van der Waals surface area contributed by atoms with Gasteiger partial charge in [0.05, 0.1) is 0 Å². The van der Waals surface area contributed by atoms with E-state index in [9.17, 15) is 4.79 Å². The van der Waals surface area contributed by atoms with Gasteiger partial charge in [-0.15, -0.1) is 11.3 Å². The minimum Gasteiger partial charge on any atom is -0.356 e. The topological polar surface area (TPSA) is 58.4 Å². The van der Waals surface area contributed by atoms with Crippen molar-refractivity contribution in [2.24, 2.45) is 11.7 Å². The van der Waals surface area contributed by atoms with Crippen LogP contribution in [0.2, 0.25) is 0 Å². The van der Waals surface area contributed by atoms with Gasteiger partial charge in [-0.3, -0.25) is 9.69 Å². The van der Waals surface area contributed by atoms with Crippen LogP contribution in [0.4, 0.5) is 0 Å². The smallest absolute Gasteiger partial charge is 0.220 e. The van der Waals surface area contributed by atoms with Crippen LogP contribution in [0, 0.1) is 5.92 Å². The molecule has 2 rings (SSSR count). The molecule has 0 spiro atoms. The number of thiophene rings is 1. The maximum Gasteiger partial charge on any atom is 0.220 e. The lowest BCUT2D eigenvalue weighted by atomic mass is 9.96. The van der Waals surface area contributed by atoms with Crippen molar-refractivity contribution in [2.45, 2.75) is 51.5 Å². The van der Waals surface area contributed by atoms with Gasteiger partial charge in [0.15, 0.2) is 0 Å². The fourth-order valence-electron chi connectivity index (χ4n) is 3.10. The van der Waals surface area contributed by atoms with Crippen LogP contribution < -0.4 is 11.1 Å². The first-order valence-corrected chi connectivity index (χ1v) is 9.87. The first-order chi connectivity index (χ1) is 11.3. The molecular weight excluding hydrogens is 306 g/mol. The van der Waals surface area contributed by atoms with Crippen LogP contribution >= 0.6 is 11.3 Å². The molecule has 3 N–H and O–H groups in total. The van der Waals surface area contributed by atoms with Crippen molar-refractivity contribution in [3.63, 3.8) is 0 Å². The highest BCUT2D eigenvalue weighted by molar-refractivity contribution is 7.09. The number of hydrogen-bond acceptors (Lipinski definition) is 4. The maximum absolute atomic E-state index is 11.8. The summed E-state index contributed by atoms with van der Waals surface area (Å²) >= 11 is 1.84. The SMILES string of the molecule is NCCCCCCC(=O)NCC1CCN(Cc2cccs2)CC1. The molecular formula is C18H31N3OS. The summed E-state index contributed by atoms with van der Waals surface area (Å²) < 4.78 is 0. The first kappa shape index (κ1) is 18.4. The second-order valence-corrected chi connectivity index (χ2v) is 7.59. The Balaban J connectivity index is 1.51. The summed E-state index contributed by atoms with van der Waals surface area (Å²) in [5.74, 6) is 0.870. The number of carbonyl (C=O) groups excluding carboxylic acids is 1. The summed E-state index contributed by atoms with van der Waals surface area (Å²) in [7, 11) is 0. The Morgan fingerprint density at radius 2 is 2.04 bits per heavy atom. The molecule has 1 amide bonds. The predicted molar refractivity (Wildman–Crippen MR) is 97.5 cm³/mol. The predicted octanol–water partition coefficient (Wildman–Crippen LogP) is 2.99. The van der Waals surface area contributed by atoms with Crippen molar-refractivity contribution in [1.29, 1.82) is 0 Å². The van der Waals surface area contributed by atoms with Crippen molar-refractivity contribution in [2.75, 3.05) is 26.2 Å². The van der Waals surface area contributed by atoms with E-state index in [2.05, 4.69) is 27.7 Å². The lowest BCUT2D eigenvalue weighted by Gasteiger charge is -2.31. The number of nitrogens with one attached hydrogen (secondary N) is 1. The largest absolute Gasteiger partial charge is 0.356 e. The van der Waals surface area contributed by atoms with E-state index in [4.69, 9.17) is 5.73 Å². The standard InChI is InChI=1S/C18H31N3OS/c19-10-4-2-1-3-7-18(22)20-14-16-8-11-21(12-9-16)15-17-6-5-13-23-17/h5-6,13,16H,1-4,7-12,14-15,19H2,(H,20,22). The zero-order valence-corrected chi connectivity index (χ0v) is 15.0. The summed E-state index contributed by atoms with van der Waals surface area (Å²) in [6, 6.07) is 4.34. The average molecular weight is 338 g/mol. The van der Waals surface area contributed by atoms with Crippen molar-refractivity contribution >= 4 is 17.2 Å². The fourth-order valence-corrected chi connectivity index (χ4v) is 3.85. The Morgan fingerprint density at radius 1 is 1.26 bits per heavy atom. The van der Waals surface area contributed by atoms with Gasteiger partial charge in [0.1, 0.15) is 0 Å². The highest BCUT2D eigenvalue weighted by Gasteiger charge is 2.19. The van der Waals surface area contributed by atoms with E-state index < -0.39 is 0 Å². The number of amides is 1. The molecule has 5 heteroatoms. The molecule has 0 bridgehead atoms. The molecule has 130 valence electrons. The van der Waals surface area contributed by atoms with Gasteiger partial charge < -0.3 is 11.1 Å². The lowest BCUT2D eigenvalue weighted by Crippen LogP contribution is -2.38. The minimum atomic E-state index is 0.221. The lowest BCUT2D eigenvalue weighted by molar-refractivity contribution is -0.121. The molecule has 4 nitrogen and oxygen atoms in total. The second-order valence-electron chi connectivity index (χ2n) is 6.56. The Morgan fingerprint density at radius 3 is 2.74 bits per heavy atom. The second kappa shape index (κ2) is 10.8. The van der Waals surface area contributed by atoms with Crippen LogP contribution in [-0.2, 0) is 11.3 Å². The van der Waals surface area contributed by atoms with E-state index in [1.165, 1.54) is 17.7 Å². The Hall–Kier alpha value is -0.910. The molecule has 1 fully saturated rings. The number of hydrogen-bond donors (Lipinski definition) is 2. The van der Waals surface area contributed by atoms with Crippen LogP contribution in [0.15, 0.2) is 17.5 Å². The molecule has 23 heavy (non-hydrogen) atoms. The number of unbranched alkanes of at least 4 members (excludes halogenated alkanes) is 3. The molecule has 0 radical (unpaired) electrons. The van der Waals surface area contributed by atoms with E-state index in [1.807, 2.05) is 11.3 Å². The quantitative estimate of drug-likeness (QED) is 0.645. The molecule has 1 saturated heterocycles. The van der Waals surface area contributed by atoms with Crippen molar-refractivity contribution in [3.05, 3.63) is 22.4 Å². The van der Waals surface area contributed by atoms with Crippen LogP contribution in [-0.4, -0.2) is 37.0 Å². The number of piperidine rings is 1. The molecule has 1 aliphatic rings. The summed E-state index contributed by atoms with van der Waals surface area (Å²) in [6.07, 6.45) is 7.39. The van der Waals surface area contributed by atoms with Gasteiger partial charge in [-0.05, 0) is 62.7 Å². The maximum atomic E-state index is 11.8. The average Bonchev–Trinajstić information content (AvgIpc) is 3.07. The zero-order chi connectivity index (χ0) is 16.3. The van der Waals surface area contributed by atoms with E-state index in [1.54, 1.807) is 0 Å². The third-order valence-corrected chi connectivity index (χ3v) is 5.47. The molecule has 0 aromatic carbocycles. The van der Waals surface area contributed by atoms with Gasteiger partial charge >= 0.3 is 0 Å². The van der Waals surface area contributed by atoms with Crippen LogP contribution in [0.1, 0.15) is 49.8 Å². The summed E-state index contributed by atoms with van der Waals surface area (Å²) in [6.45, 7) is 5.00. The van der Waals surface area contributed by atoms with Gasteiger partial charge in [0.2, 0.25) is 5.91 Å². The van der Waals surface area contributed by atoms with E-state index in [-0.39, 0.29) is 5.91 Å². The molecule has 0 aliphatic carbocycles. The first-order valence-electron chi connectivity index (χ1n) is 8.99. The van der Waals surface area contributed by atoms with E-state index in [0.29, 0.717) is 12.3 Å². The van der Waals surface area contributed by atoms with Crippen LogP contribution in [0.25, 0.3) is 0 Å². The van der Waals surface area contributed by atoms with Gasteiger partial charge in [0.25, 0.3) is 0 Å². The van der Waals surface area contributed by atoms with Gasteiger partial charge in [-0.25, -0.2) is 0 Å². The number of likely N-dealkylation sites (tertiary alicyclic amines) is 1. The Bertz CT molecular complexity index is 427. The molecule has 1 aromatic rings. The van der Waals surface area contributed by atoms with Gasteiger partial charge in [-0.2, -0.15) is 0 Å². The number of nitrogens with two attached hydrogens (primary N) is 1. The van der Waals surface area contributed by atoms with Gasteiger partial charge in [-0.1, -0.05) is 18.9 Å². The highest BCUT2D eigenvalue weighted by atomic mass is 32.1. The summed E-state index contributed by atoms with van der Waals surface area (Å²) in [5, 5.41) is 5.27. The van der Waals surface area contributed by atoms with Crippen molar-refractivity contribution in [3.8, 4) is 0 Å². The fraction of sp³-hybridized carbons (Fsp3) is 0.722. The molecule has 0 atom stereocenters. The van der Waals surface area contributed by atoms with Gasteiger partial charge in [0, 0.05) is 24.4 Å². The van der Waals surface area contributed by atoms with Crippen LogP contribution in [0.3, 0.4) is 0 Å². The third kappa shape index (κ3) is 7.46. The molecule has 2 heterocycles. The van der Waals surface area contributed by atoms with Crippen molar-refractivity contribution in [1.82, 2.24) is 10.2 Å². The van der Waals surface area contributed by atoms with E-state index in [0.717, 1.165) is 58.4 Å². The Kier molecular flexibility index (Phi) is 8.64. The zero-order valence-electron chi connectivity index (χ0n) is 14.1. The number of carbonyl (C=O) groups is 1. The number of nitrogens with zero attached hydrogens (tertiary/aromatic N) is 1. The monoisotopic (exact) mass is 337 g/mol. The summed E-state index contributed by atoms with van der Waals surface area (Å²) in [4.78, 5) is 15.8. The molecule has 0 unspecified atom stereocenters. The summed E-state index contributed by atoms with van der Waals surface area (Å²) in [5.41, 5.74) is 5.47. The highest BCUT2D eigenvalue weighted by Crippen LogP contribution is 2.20. The minimum absolute atomic E-state index is 0.221. The number of rotatable bonds is 10. The molecule has 0 saturated carbocycles. The van der Waals surface area contributed by atoms with Crippen LogP contribution in [0.5, 0.6) is 0 Å². The normalized spacial score (nSPS) is 16.6. The molecule has 1 aromatic heterocycles. The third-order valence-electron chi connectivity index (χ3n) is 4.61. The van der Waals surface area contributed by atoms with E-state index >= 15 is 0 Å². The molecule has 1 aliphatic heterocycles. The Labute approximate surface area is 144 Å². The van der Waals surface area contributed by atoms with Crippen molar-refractivity contribution < 1.29 is 4.79 Å².